The number of nitrogens with zero attached hydrogens (tertiary/aromatic N) is 1. The Morgan fingerprint density at radius 3 is 2.53 bits per heavy atom. The third-order valence-corrected chi connectivity index (χ3v) is 5.00. The highest BCUT2D eigenvalue weighted by Crippen LogP contribution is 2.35. The van der Waals surface area contributed by atoms with Crippen LogP contribution >= 0.6 is 0 Å². The lowest BCUT2D eigenvalue weighted by Gasteiger charge is -2.39. The molecule has 19 heavy (non-hydrogen) atoms. The number of rotatable bonds is 4. The molecule has 0 spiro atoms. The molecule has 0 aromatic carbocycles. The monoisotopic (exact) mass is 267 g/mol. The summed E-state index contributed by atoms with van der Waals surface area (Å²) in [5, 5.41) is 9.43. The van der Waals surface area contributed by atoms with Gasteiger partial charge in [0.25, 0.3) is 0 Å². The Morgan fingerprint density at radius 1 is 1.26 bits per heavy atom. The second-order valence-corrected chi connectivity index (χ2v) is 6.21. The molecular formula is C15H25NO3. The quantitative estimate of drug-likeness (QED) is 0.852. The molecule has 4 nitrogen and oxygen atoms in total. The van der Waals surface area contributed by atoms with Crippen LogP contribution in [0.4, 0.5) is 0 Å². The lowest BCUT2D eigenvalue weighted by Crippen LogP contribution is -2.49. The van der Waals surface area contributed by atoms with Crippen LogP contribution in [0, 0.1) is 11.3 Å². The zero-order valence-corrected chi connectivity index (χ0v) is 11.9. The van der Waals surface area contributed by atoms with Gasteiger partial charge in [-0.05, 0) is 38.0 Å². The first-order chi connectivity index (χ1) is 9.07. The van der Waals surface area contributed by atoms with Crippen LogP contribution in [0.5, 0.6) is 0 Å². The molecule has 0 radical (unpaired) electrons. The Hall–Kier alpha value is -1.06. The number of piperidine rings is 1. The number of carbonyl (C=O) groups is 2. The molecular weight excluding hydrogens is 242 g/mol. The normalized spacial score (nSPS) is 28.6. The van der Waals surface area contributed by atoms with E-state index in [0.29, 0.717) is 31.7 Å². The van der Waals surface area contributed by atoms with E-state index >= 15 is 0 Å². The van der Waals surface area contributed by atoms with Gasteiger partial charge in [0.05, 0.1) is 5.41 Å². The lowest BCUT2D eigenvalue weighted by molar-refractivity contribution is -0.155. The molecule has 1 N–H and O–H groups in total. The van der Waals surface area contributed by atoms with E-state index in [4.69, 9.17) is 0 Å². The molecule has 0 aromatic rings. The van der Waals surface area contributed by atoms with E-state index in [1.807, 2.05) is 6.92 Å². The molecule has 2 aliphatic rings. The van der Waals surface area contributed by atoms with Gasteiger partial charge in [0.2, 0.25) is 5.91 Å². The van der Waals surface area contributed by atoms with Crippen LogP contribution in [0.3, 0.4) is 0 Å². The molecule has 1 aliphatic heterocycles. The number of hydrogen-bond donors (Lipinski definition) is 1. The molecule has 1 saturated heterocycles. The van der Waals surface area contributed by atoms with Gasteiger partial charge in [0, 0.05) is 19.5 Å². The summed E-state index contributed by atoms with van der Waals surface area (Å²) in [5.41, 5.74) is -0.705. The van der Waals surface area contributed by atoms with E-state index in [-0.39, 0.29) is 5.91 Å². The van der Waals surface area contributed by atoms with Crippen molar-refractivity contribution < 1.29 is 14.7 Å². The second kappa shape index (κ2) is 5.93. The molecule has 1 aliphatic carbocycles. The largest absolute Gasteiger partial charge is 0.481 e. The zero-order valence-electron chi connectivity index (χ0n) is 11.9. The van der Waals surface area contributed by atoms with E-state index < -0.39 is 11.4 Å². The fourth-order valence-electron chi connectivity index (χ4n) is 3.55. The summed E-state index contributed by atoms with van der Waals surface area (Å²) in [6.07, 6.45) is 7.56. The standard InChI is InChI=1S/C15H25NO3/c1-2-15(14(18)19)8-5-9-16(11-15)13(17)10-12-6-3-4-7-12/h12H,2-11H2,1H3,(H,18,19)/t15-/m1/s1. The summed E-state index contributed by atoms with van der Waals surface area (Å²) in [4.78, 5) is 25.6. The second-order valence-electron chi connectivity index (χ2n) is 6.21. The van der Waals surface area contributed by atoms with Crippen LogP contribution < -0.4 is 0 Å². The highest BCUT2D eigenvalue weighted by atomic mass is 16.4. The predicted octanol–water partition coefficient (Wildman–Crippen LogP) is 2.67. The van der Waals surface area contributed by atoms with Crippen LogP contribution in [0.2, 0.25) is 0 Å². The van der Waals surface area contributed by atoms with Gasteiger partial charge < -0.3 is 10.0 Å². The van der Waals surface area contributed by atoms with Crippen LogP contribution in [0.15, 0.2) is 0 Å². The van der Waals surface area contributed by atoms with Gasteiger partial charge in [-0.25, -0.2) is 0 Å². The molecule has 1 atom stereocenters. The van der Waals surface area contributed by atoms with Crippen LogP contribution in [-0.4, -0.2) is 35.0 Å². The Morgan fingerprint density at radius 2 is 1.95 bits per heavy atom. The van der Waals surface area contributed by atoms with Crippen molar-refractivity contribution in [2.75, 3.05) is 13.1 Å². The smallest absolute Gasteiger partial charge is 0.311 e. The number of likely N-dealkylation sites (tertiary alicyclic amines) is 1. The lowest BCUT2D eigenvalue weighted by atomic mass is 9.77. The van der Waals surface area contributed by atoms with Crippen molar-refractivity contribution in [2.24, 2.45) is 11.3 Å². The maximum Gasteiger partial charge on any atom is 0.311 e. The summed E-state index contributed by atoms with van der Waals surface area (Å²) in [7, 11) is 0. The SMILES string of the molecule is CC[C@@]1(C(=O)O)CCCN(C(=O)CC2CCCC2)C1. The first-order valence-corrected chi connectivity index (χ1v) is 7.58. The topological polar surface area (TPSA) is 57.6 Å². The molecule has 4 heteroatoms. The summed E-state index contributed by atoms with van der Waals surface area (Å²) < 4.78 is 0. The van der Waals surface area contributed by atoms with E-state index in [9.17, 15) is 14.7 Å². The van der Waals surface area contributed by atoms with Crippen molar-refractivity contribution in [3.63, 3.8) is 0 Å². The first kappa shape index (κ1) is 14.4. The minimum atomic E-state index is -0.742. The van der Waals surface area contributed by atoms with E-state index in [1.165, 1.54) is 12.8 Å². The summed E-state index contributed by atoms with van der Waals surface area (Å²) >= 11 is 0. The van der Waals surface area contributed by atoms with Gasteiger partial charge in [0.15, 0.2) is 0 Å². The van der Waals surface area contributed by atoms with Gasteiger partial charge >= 0.3 is 5.97 Å². The summed E-state index contributed by atoms with van der Waals surface area (Å²) in [6, 6.07) is 0. The van der Waals surface area contributed by atoms with Gasteiger partial charge in [0.1, 0.15) is 0 Å². The minimum absolute atomic E-state index is 0.172. The van der Waals surface area contributed by atoms with Crippen molar-refractivity contribution >= 4 is 11.9 Å². The predicted molar refractivity (Wildman–Crippen MR) is 72.7 cm³/mol. The average Bonchev–Trinajstić information content (AvgIpc) is 2.91. The molecule has 1 saturated carbocycles. The van der Waals surface area contributed by atoms with E-state index in [2.05, 4.69) is 0 Å². The Bertz CT molecular complexity index is 349. The number of carboxylic acid groups (broad SMARTS) is 1. The number of aliphatic carboxylic acids is 1. The van der Waals surface area contributed by atoms with Crippen molar-refractivity contribution in [3.05, 3.63) is 0 Å². The van der Waals surface area contributed by atoms with Crippen LogP contribution in [0.1, 0.15) is 58.3 Å². The molecule has 0 aromatic heterocycles. The Kier molecular flexibility index (Phi) is 4.48. The van der Waals surface area contributed by atoms with Gasteiger partial charge in [-0.15, -0.1) is 0 Å². The summed E-state index contributed by atoms with van der Waals surface area (Å²) in [6.45, 7) is 3.06. The Balaban J connectivity index is 1.96. The van der Waals surface area contributed by atoms with Crippen molar-refractivity contribution in [1.29, 1.82) is 0 Å². The maximum atomic E-state index is 12.3. The first-order valence-electron chi connectivity index (χ1n) is 7.58. The highest BCUT2D eigenvalue weighted by molar-refractivity contribution is 5.79. The number of hydrogen-bond acceptors (Lipinski definition) is 2. The summed E-state index contributed by atoms with van der Waals surface area (Å²) in [5.74, 6) is -0.0330. The van der Waals surface area contributed by atoms with E-state index in [0.717, 1.165) is 25.8 Å². The van der Waals surface area contributed by atoms with Gasteiger partial charge in [-0.1, -0.05) is 19.8 Å². The minimum Gasteiger partial charge on any atom is -0.481 e. The fourth-order valence-corrected chi connectivity index (χ4v) is 3.55. The number of amides is 1. The Labute approximate surface area is 115 Å². The molecule has 2 fully saturated rings. The van der Waals surface area contributed by atoms with Crippen LogP contribution in [0.25, 0.3) is 0 Å². The molecule has 2 rings (SSSR count). The van der Waals surface area contributed by atoms with Gasteiger partial charge in [-0.3, -0.25) is 9.59 Å². The average molecular weight is 267 g/mol. The third-order valence-electron chi connectivity index (χ3n) is 5.00. The zero-order chi connectivity index (χ0) is 13.9. The molecule has 0 bridgehead atoms. The van der Waals surface area contributed by atoms with Crippen molar-refractivity contribution in [1.82, 2.24) is 4.90 Å². The molecule has 1 heterocycles. The molecule has 1 amide bonds. The van der Waals surface area contributed by atoms with E-state index in [1.54, 1.807) is 4.90 Å². The molecule has 108 valence electrons. The van der Waals surface area contributed by atoms with Crippen molar-refractivity contribution in [3.8, 4) is 0 Å². The fraction of sp³-hybridized carbons (Fsp3) is 0.867. The van der Waals surface area contributed by atoms with Crippen molar-refractivity contribution in [2.45, 2.75) is 58.3 Å². The number of carboxylic acids is 1. The molecule has 0 unspecified atom stereocenters. The van der Waals surface area contributed by atoms with Crippen LogP contribution in [-0.2, 0) is 9.59 Å². The highest BCUT2D eigenvalue weighted by Gasteiger charge is 2.42. The third kappa shape index (κ3) is 3.10. The van der Waals surface area contributed by atoms with Gasteiger partial charge in [-0.2, -0.15) is 0 Å². The number of carbonyl (C=O) groups excluding carboxylic acids is 1. The maximum absolute atomic E-state index is 12.3.